The van der Waals surface area contributed by atoms with Gasteiger partial charge in [0.25, 0.3) is 0 Å². The molecule has 0 heterocycles. The molecule has 1 fully saturated rings. The molecule has 0 bridgehead atoms. The van der Waals surface area contributed by atoms with Crippen molar-refractivity contribution in [2.45, 2.75) is 57.6 Å². The van der Waals surface area contributed by atoms with Gasteiger partial charge < -0.3 is 21.1 Å². The molecule has 1 aliphatic carbocycles. The molecular formula is C18H25N3O4. The van der Waals surface area contributed by atoms with Crippen molar-refractivity contribution in [2.24, 2.45) is 5.73 Å². The number of nitrogens with one attached hydrogen (secondary N) is 2. The van der Waals surface area contributed by atoms with Crippen LogP contribution in [0.5, 0.6) is 0 Å². The van der Waals surface area contributed by atoms with Crippen molar-refractivity contribution in [3.63, 3.8) is 0 Å². The van der Waals surface area contributed by atoms with Gasteiger partial charge in [0, 0.05) is 11.3 Å². The first kappa shape index (κ1) is 18.8. The van der Waals surface area contributed by atoms with Crippen LogP contribution in [0.25, 0.3) is 0 Å². The molecule has 0 spiro atoms. The average Bonchev–Trinajstić information content (AvgIpc) is 2.95. The zero-order valence-corrected chi connectivity index (χ0v) is 14.8. The summed E-state index contributed by atoms with van der Waals surface area (Å²) in [6.07, 6.45) is 2.20. The van der Waals surface area contributed by atoms with Gasteiger partial charge in [-0.05, 0) is 57.9 Å². The highest BCUT2D eigenvalue weighted by atomic mass is 16.6. The third-order valence-corrected chi connectivity index (χ3v) is 4.06. The Morgan fingerprint density at radius 1 is 1.08 bits per heavy atom. The number of primary amides is 1. The lowest BCUT2D eigenvalue weighted by Crippen LogP contribution is -2.55. The van der Waals surface area contributed by atoms with E-state index in [1.165, 1.54) is 0 Å². The largest absolute Gasteiger partial charge is 0.444 e. The minimum absolute atomic E-state index is 0.289. The predicted octanol–water partition coefficient (Wildman–Crippen LogP) is 2.56. The molecule has 7 nitrogen and oxygen atoms in total. The Hall–Kier alpha value is -2.57. The fourth-order valence-corrected chi connectivity index (χ4v) is 2.85. The van der Waals surface area contributed by atoms with E-state index in [2.05, 4.69) is 10.6 Å². The van der Waals surface area contributed by atoms with Crippen molar-refractivity contribution in [1.29, 1.82) is 0 Å². The molecule has 1 aromatic carbocycles. The summed E-state index contributed by atoms with van der Waals surface area (Å²) in [6.45, 7) is 5.32. The Bertz CT molecular complexity index is 656. The van der Waals surface area contributed by atoms with Gasteiger partial charge in [0.1, 0.15) is 11.1 Å². The monoisotopic (exact) mass is 347 g/mol. The molecule has 0 atom stereocenters. The lowest BCUT2D eigenvalue weighted by molar-refractivity contribution is -0.122. The summed E-state index contributed by atoms with van der Waals surface area (Å²) in [5.41, 5.74) is 4.48. The molecule has 0 unspecified atom stereocenters. The van der Waals surface area contributed by atoms with E-state index in [0.717, 1.165) is 12.8 Å². The maximum Gasteiger partial charge on any atom is 0.408 e. The molecule has 0 aliphatic heterocycles. The first-order valence-electron chi connectivity index (χ1n) is 8.34. The molecule has 3 amide bonds. The van der Waals surface area contributed by atoms with E-state index in [0.29, 0.717) is 24.1 Å². The van der Waals surface area contributed by atoms with Crippen molar-refractivity contribution in [3.05, 3.63) is 29.8 Å². The summed E-state index contributed by atoms with van der Waals surface area (Å²) < 4.78 is 5.29. The number of anilines is 1. The number of benzene rings is 1. The van der Waals surface area contributed by atoms with Gasteiger partial charge in [-0.25, -0.2) is 4.79 Å². The minimum atomic E-state index is -0.981. The summed E-state index contributed by atoms with van der Waals surface area (Å²) >= 11 is 0. The Morgan fingerprint density at radius 2 is 1.64 bits per heavy atom. The molecule has 4 N–H and O–H groups in total. The fraction of sp³-hybridized carbons (Fsp3) is 0.500. The number of carbonyl (C=O) groups is 3. The van der Waals surface area contributed by atoms with Crippen molar-refractivity contribution >= 4 is 23.6 Å². The van der Waals surface area contributed by atoms with Crippen LogP contribution in [0.15, 0.2) is 24.3 Å². The Balaban J connectivity index is 2.09. The molecule has 2 rings (SSSR count). The third-order valence-electron chi connectivity index (χ3n) is 4.06. The van der Waals surface area contributed by atoms with Crippen LogP contribution in [0.1, 0.15) is 56.8 Å². The van der Waals surface area contributed by atoms with E-state index in [4.69, 9.17) is 10.5 Å². The molecule has 1 saturated carbocycles. The van der Waals surface area contributed by atoms with Crippen LogP contribution in [0.3, 0.4) is 0 Å². The van der Waals surface area contributed by atoms with Crippen molar-refractivity contribution in [2.75, 3.05) is 5.32 Å². The molecule has 0 saturated heterocycles. The zero-order chi connectivity index (χ0) is 18.7. The Labute approximate surface area is 147 Å². The number of carbonyl (C=O) groups excluding carboxylic acids is 3. The lowest BCUT2D eigenvalue weighted by Gasteiger charge is -2.30. The maximum absolute atomic E-state index is 12.8. The molecule has 0 aromatic heterocycles. The zero-order valence-electron chi connectivity index (χ0n) is 14.8. The number of ether oxygens (including phenoxy) is 1. The molecule has 136 valence electrons. The van der Waals surface area contributed by atoms with Crippen molar-refractivity contribution in [1.82, 2.24) is 5.32 Å². The fourth-order valence-electron chi connectivity index (χ4n) is 2.85. The van der Waals surface area contributed by atoms with E-state index in [1.807, 2.05) is 0 Å². The highest BCUT2D eigenvalue weighted by Gasteiger charge is 2.43. The molecule has 1 aromatic rings. The summed E-state index contributed by atoms with van der Waals surface area (Å²) in [6, 6.07) is 6.30. The smallest absolute Gasteiger partial charge is 0.408 e. The number of nitrogens with two attached hydrogens (primary N) is 1. The van der Waals surface area contributed by atoms with Gasteiger partial charge in [-0.3, -0.25) is 9.59 Å². The van der Waals surface area contributed by atoms with Crippen LogP contribution in [0.2, 0.25) is 0 Å². The van der Waals surface area contributed by atoms with E-state index >= 15 is 0 Å². The molecular weight excluding hydrogens is 322 g/mol. The maximum atomic E-state index is 12.8. The summed E-state index contributed by atoms with van der Waals surface area (Å²) in [5.74, 6) is -0.820. The van der Waals surface area contributed by atoms with E-state index < -0.39 is 23.1 Å². The number of amides is 3. The normalized spacial score (nSPS) is 16.1. The average molecular weight is 347 g/mol. The van der Waals surface area contributed by atoms with Gasteiger partial charge in [0.05, 0.1) is 0 Å². The lowest BCUT2D eigenvalue weighted by atomic mass is 9.96. The van der Waals surface area contributed by atoms with Crippen LogP contribution in [-0.4, -0.2) is 29.0 Å². The molecule has 0 radical (unpaired) electrons. The van der Waals surface area contributed by atoms with Gasteiger partial charge in [0.2, 0.25) is 11.8 Å². The van der Waals surface area contributed by atoms with Gasteiger partial charge >= 0.3 is 6.09 Å². The number of hydrogen-bond acceptors (Lipinski definition) is 4. The summed E-state index contributed by atoms with van der Waals surface area (Å²) in [4.78, 5) is 36.0. The molecule has 1 aliphatic rings. The van der Waals surface area contributed by atoms with Crippen LogP contribution >= 0.6 is 0 Å². The molecule has 25 heavy (non-hydrogen) atoms. The number of rotatable bonds is 4. The topological polar surface area (TPSA) is 111 Å². The predicted molar refractivity (Wildman–Crippen MR) is 94.2 cm³/mol. The van der Waals surface area contributed by atoms with Crippen molar-refractivity contribution in [3.8, 4) is 0 Å². The second kappa shape index (κ2) is 7.13. The first-order chi connectivity index (χ1) is 11.6. The van der Waals surface area contributed by atoms with E-state index in [-0.39, 0.29) is 5.91 Å². The van der Waals surface area contributed by atoms with Crippen molar-refractivity contribution < 1.29 is 19.1 Å². The van der Waals surface area contributed by atoms with Gasteiger partial charge in [-0.2, -0.15) is 0 Å². The quantitative estimate of drug-likeness (QED) is 0.777. The molecule has 7 heteroatoms. The summed E-state index contributed by atoms with van der Waals surface area (Å²) in [7, 11) is 0. The summed E-state index contributed by atoms with van der Waals surface area (Å²) in [5, 5.41) is 5.55. The van der Waals surface area contributed by atoms with Crippen LogP contribution in [0.4, 0.5) is 10.5 Å². The van der Waals surface area contributed by atoms with Gasteiger partial charge in [-0.15, -0.1) is 0 Å². The van der Waals surface area contributed by atoms with Gasteiger partial charge in [-0.1, -0.05) is 12.8 Å². The highest BCUT2D eigenvalue weighted by Crippen LogP contribution is 2.31. The Kier molecular flexibility index (Phi) is 5.35. The number of alkyl carbamates (subject to hydrolysis) is 1. The number of hydrogen-bond donors (Lipinski definition) is 3. The first-order valence-corrected chi connectivity index (χ1v) is 8.34. The SMILES string of the molecule is CC(C)(C)OC(=O)NC1(C(=O)Nc2ccc(C(N)=O)cc2)CCCC1. The minimum Gasteiger partial charge on any atom is -0.444 e. The standard InChI is InChI=1S/C18H25N3O4/c1-17(2,3)25-16(24)21-18(10-4-5-11-18)15(23)20-13-8-6-12(7-9-13)14(19)22/h6-9H,4-5,10-11H2,1-3H3,(H2,19,22)(H,20,23)(H,21,24). The second-order valence-corrected chi connectivity index (χ2v) is 7.31. The van der Waals surface area contributed by atoms with Crippen LogP contribution in [0, 0.1) is 0 Å². The van der Waals surface area contributed by atoms with E-state index in [1.54, 1.807) is 45.0 Å². The third kappa shape index (κ3) is 4.95. The Morgan fingerprint density at radius 3 is 2.12 bits per heavy atom. The van der Waals surface area contributed by atoms with E-state index in [9.17, 15) is 14.4 Å². The second-order valence-electron chi connectivity index (χ2n) is 7.31. The van der Waals surface area contributed by atoms with Crippen LogP contribution in [-0.2, 0) is 9.53 Å². The van der Waals surface area contributed by atoms with Crippen LogP contribution < -0.4 is 16.4 Å². The highest BCUT2D eigenvalue weighted by molar-refractivity contribution is 6.00. The van der Waals surface area contributed by atoms with Gasteiger partial charge in [0.15, 0.2) is 0 Å².